The van der Waals surface area contributed by atoms with Crippen molar-refractivity contribution in [2.45, 2.75) is 18.9 Å². The van der Waals surface area contributed by atoms with Crippen molar-refractivity contribution in [3.63, 3.8) is 0 Å². The molecule has 3 heterocycles. The Labute approximate surface area is 171 Å². The summed E-state index contributed by atoms with van der Waals surface area (Å²) in [6, 6.07) is 8.33. The van der Waals surface area contributed by atoms with Gasteiger partial charge in [0.05, 0.1) is 5.69 Å². The summed E-state index contributed by atoms with van der Waals surface area (Å²) in [6.07, 6.45) is 2.46. The topological polar surface area (TPSA) is 57.9 Å². The average Bonchev–Trinajstić information content (AvgIpc) is 3.36. The summed E-state index contributed by atoms with van der Waals surface area (Å²) >= 11 is 1.45. The molecule has 0 radical (unpaired) electrons. The highest BCUT2D eigenvalue weighted by molar-refractivity contribution is 7.15. The molecule has 29 heavy (non-hydrogen) atoms. The van der Waals surface area contributed by atoms with Gasteiger partial charge in [0.2, 0.25) is 5.91 Å². The van der Waals surface area contributed by atoms with Gasteiger partial charge in [0.15, 0.2) is 4.96 Å². The molecule has 1 aromatic carbocycles. The molecule has 2 aromatic heterocycles. The van der Waals surface area contributed by atoms with Gasteiger partial charge in [0.1, 0.15) is 5.82 Å². The van der Waals surface area contributed by atoms with Gasteiger partial charge in [-0.3, -0.25) is 18.9 Å². The molecule has 2 atom stereocenters. The summed E-state index contributed by atoms with van der Waals surface area (Å²) in [4.78, 5) is 34.3. The predicted octanol–water partition coefficient (Wildman–Crippen LogP) is 2.34. The normalized spacial score (nSPS) is 22.2. The molecule has 6 nitrogen and oxygen atoms in total. The Hall–Kier alpha value is -2.58. The van der Waals surface area contributed by atoms with Gasteiger partial charge >= 0.3 is 0 Å². The summed E-state index contributed by atoms with van der Waals surface area (Å²) in [5.74, 6) is -0.171. The number of fused-ring (bicyclic) bond motifs is 1. The lowest BCUT2D eigenvalue weighted by atomic mass is 10.1. The maximum atomic E-state index is 14.0. The van der Waals surface area contributed by atoms with E-state index in [1.54, 1.807) is 28.8 Å². The van der Waals surface area contributed by atoms with Crippen LogP contribution in [0.15, 0.2) is 46.7 Å². The number of rotatable bonds is 4. The zero-order valence-electron chi connectivity index (χ0n) is 15.8. The van der Waals surface area contributed by atoms with Crippen molar-refractivity contribution in [1.82, 2.24) is 19.2 Å². The van der Waals surface area contributed by atoms with Gasteiger partial charge in [-0.05, 0) is 24.0 Å². The van der Waals surface area contributed by atoms with E-state index in [4.69, 9.17) is 0 Å². The maximum Gasteiger partial charge on any atom is 0.258 e. The zero-order chi connectivity index (χ0) is 20.0. The lowest BCUT2D eigenvalue weighted by molar-refractivity contribution is -0.134. The first-order valence-corrected chi connectivity index (χ1v) is 10.7. The van der Waals surface area contributed by atoms with Crippen LogP contribution in [0, 0.1) is 11.7 Å². The maximum absolute atomic E-state index is 14.0. The van der Waals surface area contributed by atoms with Crippen LogP contribution in [0.2, 0.25) is 0 Å². The molecule has 150 valence electrons. The van der Waals surface area contributed by atoms with Crippen LogP contribution in [0.3, 0.4) is 0 Å². The van der Waals surface area contributed by atoms with Crippen LogP contribution < -0.4 is 5.56 Å². The summed E-state index contributed by atoms with van der Waals surface area (Å²) in [6.45, 7) is 3.40. The van der Waals surface area contributed by atoms with Gasteiger partial charge in [0.25, 0.3) is 5.56 Å². The Bertz CT molecular complexity index is 1120. The van der Waals surface area contributed by atoms with Crippen LogP contribution in [-0.4, -0.2) is 51.3 Å². The summed E-state index contributed by atoms with van der Waals surface area (Å²) in [7, 11) is 0. The fourth-order valence-corrected chi connectivity index (χ4v) is 4.88. The minimum atomic E-state index is -0.219. The minimum Gasteiger partial charge on any atom is -0.340 e. The van der Waals surface area contributed by atoms with Crippen molar-refractivity contribution in [2.75, 3.05) is 26.2 Å². The molecule has 1 aliphatic carbocycles. The van der Waals surface area contributed by atoms with Crippen molar-refractivity contribution in [1.29, 1.82) is 0 Å². The first kappa shape index (κ1) is 18.4. The second kappa shape index (κ2) is 7.35. The molecule has 0 N–H and O–H groups in total. The molecule has 0 bridgehead atoms. The zero-order valence-corrected chi connectivity index (χ0v) is 16.6. The van der Waals surface area contributed by atoms with E-state index in [-0.39, 0.29) is 29.1 Å². The number of halogens is 1. The Balaban J connectivity index is 1.18. The van der Waals surface area contributed by atoms with Crippen LogP contribution in [0.25, 0.3) is 4.96 Å². The van der Waals surface area contributed by atoms with E-state index in [1.165, 1.54) is 17.4 Å². The molecule has 5 rings (SSSR count). The summed E-state index contributed by atoms with van der Waals surface area (Å²) < 4.78 is 15.5. The molecule has 1 aliphatic heterocycles. The first-order valence-electron chi connectivity index (χ1n) is 9.81. The molecule has 3 aromatic rings. The minimum absolute atomic E-state index is 0.0106. The van der Waals surface area contributed by atoms with E-state index >= 15 is 0 Å². The molecule has 2 aliphatic rings. The van der Waals surface area contributed by atoms with Crippen LogP contribution in [0.1, 0.15) is 23.6 Å². The first-order chi connectivity index (χ1) is 14.1. The number of thiazole rings is 1. The highest BCUT2D eigenvalue weighted by Gasteiger charge is 2.47. The molecule has 2 fully saturated rings. The second-order valence-corrected chi connectivity index (χ2v) is 8.59. The van der Waals surface area contributed by atoms with E-state index in [1.807, 2.05) is 16.3 Å². The smallest absolute Gasteiger partial charge is 0.258 e. The Morgan fingerprint density at radius 2 is 2.00 bits per heavy atom. The van der Waals surface area contributed by atoms with Crippen LogP contribution >= 0.6 is 11.3 Å². The number of amides is 1. The molecular formula is C21H21FN4O2S. The van der Waals surface area contributed by atoms with Crippen LogP contribution in [0.4, 0.5) is 4.39 Å². The number of aromatic nitrogens is 2. The SMILES string of the molecule is O=C(C1CC1c1ccccc1F)N1CCN(Cc2cc(=O)n3ccsc3n2)CC1. The lowest BCUT2D eigenvalue weighted by Crippen LogP contribution is -2.49. The van der Waals surface area contributed by atoms with Crippen molar-refractivity contribution in [3.8, 4) is 0 Å². The Kier molecular flexibility index (Phi) is 4.67. The quantitative estimate of drug-likeness (QED) is 0.660. The van der Waals surface area contributed by atoms with Gasteiger partial charge in [-0.2, -0.15) is 0 Å². The summed E-state index contributed by atoms with van der Waals surface area (Å²) in [5, 5.41) is 1.85. The van der Waals surface area contributed by atoms with Crippen molar-refractivity contribution < 1.29 is 9.18 Å². The largest absolute Gasteiger partial charge is 0.340 e. The van der Waals surface area contributed by atoms with Gasteiger partial charge in [-0.25, -0.2) is 9.37 Å². The third-order valence-electron chi connectivity index (χ3n) is 5.84. The fourth-order valence-electron chi connectivity index (χ4n) is 4.15. The molecular weight excluding hydrogens is 391 g/mol. The van der Waals surface area contributed by atoms with E-state index < -0.39 is 0 Å². The van der Waals surface area contributed by atoms with Crippen molar-refractivity contribution in [3.05, 3.63) is 69.3 Å². The van der Waals surface area contributed by atoms with Gasteiger partial charge in [-0.15, -0.1) is 11.3 Å². The lowest BCUT2D eigenvalue weighted by Gasteiger charge is -2.34. The van der Waals surface area contributed by atoms with Crippen LogP contribution in [0.5, 0.6) is 0 Å². The second-order valence-electron chi connectivity index (χ2n) is 7.71. The van der Waals surface area contributed by atoms with E-state index in [2.05, 4.69) is 9.88 Å². The monoisotopic (exact) mass is 412 g/mol. The number of hydrogen-bond donors (Lipinski definition) is 0. The van der Waals surface area contributed by atoms with Crippen LogP contribution in [-0.2, 0) is 11.3 Å². The van der Waals surface area contributed by atoms with E-state index in [9.17, 15) is 14.0 Å². The molecule has 1 saturated carbocycles. The molecule has 1 saturated heterocycles. The standard InChI is InChI=1S/C21H21FN4O2S/c22-18-4-2-1-3-15(18)16-12-17(16)20(28)25-7-5-24(6-8-25)13-14-11-19(27)26-9-10-29-21(26)23-14/h1-4,9-11,16-17H,5-8,12-13H2. The number of benzene rings is 1. The molecule has 8 heteroatoms. The van der Waals surface area contributed by atoms with Gasteiger partial charge in [-0.1, -0.05) is 18.2 Å². The van der Waals surface area contributed by atoms with Crippen molar-refractivity contribution in [2.24, 2.45) is 5.92 Å². The number of nitrogens with zero attached hydrogens (tertiary/aromatic N) is 4. The number of hydrogen-bond acceptors (Lipinski definition) is 5. The summed E-state index contributed by atoms with van der Waals surface area (Å²) in [5.41, 5.74) is 1.36. The third kappa shape index (κ3) is 3.58. The average molecular weight is 412 g/mol. The number of piperazine rings is 1. The highest BCUT2D eigenvalue weighted by atomic mass is 32.1. The highest BCUT2D eigenvalue weighted by Crippen LogP contribution is 2.49. The molecule has 2 unspecified atom stereocenters. The number of carbonyl (C=O) groups is 1. The third-order valence-corrected chi connectivity index (χ3v) is 6.59. The number of carbonyl (C=O) groups excluding carboxylic acids is 1. The van der Waals surface area contributed by atoms with Crippen molar-refractivity contribution >= 4 is 22.2 Å². The Morgan fingerprint density at radius 1 is 1.21 bits per heavy atom. The van der Waals surface area contributed by atoms with E-state index in [0.29, 0.717) is 30.2 Å². The predicted molar refractivity (Wildman–Crippen MR) is 108 cm³/mol. The molecule has 0 spiro atoms. The van der Waals surface area contributed by atoms with Gasteiger partial charge < -0.3 is 4.90 Å². The van der Waals surface area contributed by atoms with Gasteiger partial charge in [0, 0.05) is 56.3 Å². The molecule has 1 amide bonds. The Morgan fingerprint density at radius 3 is 2.79 bits per heavy atom. The van der Waals surface area contributed by atoms with E-state index in [0.717, 1.165) is 25.2 Å². The fraction of sp³-hybridized carbons (Fsp3) is 0.381.